The summed E-state index contributed by atoms with van der Waals surface area (Å²) in [6.07, 6.45) is 4.17. The summed E-state index contributed by atoms with van der Waals surface area (Å²) in [7, 11) is 0. The largest absolute Gasteiger partial charge is 0.444 e. The zero-order valence-corrected chi connectivity index (χ0v) is 23.4. The monoisotopic (exact) mass is 558 g/mol. The van der Waals surface area contributed by atoms with Crippen LogP contribution in [0.4, 0.5) is 10.7 Å². The number of aromatic amines is 1. The number of nitrogens with zero attached hydrogens (tertiary/aromatic N) is 3. The van der Waals surface area contributed by atoms with Gasteiger partial charge in [0, 0.05) is 30.2 Å². The Kier molecular flexibility index (Phi) is 6.53. The molecule has 40 heavy (non-hydrogen) atoms. The number of benzene rings is 1. The number of ether oxygens (including phenoxy) is 1. The number of H-pyrrole nitrogens is 1. The number of carbonyl (C=O) groups is 3. The summed E-state index contributed by atoms with van der Waals surface area (Å²) in [4.78, 5) is 53.6. The number of thiophene rings is 1. The van der Waals surface area contributed by atoms with Crippen molar-refractivity contribution in [3.63, 3.8) is 0 Å². The maximum absolute atomic E-state index is 13.2. The molecule has 1 saturated heterocycles. The van der Waals surface area contributed by atoms with Crippen molar-refractivity contribution in [1.82, 2.24) is 25.2 Å². The zero-order chi connectivity index (χ0) is 28.0. The van der Waals surface area contributed by atoms with Crippen LogP contribution in [0.2, 0.25) is 0 Å². The van der Waals surface area contributed by atoms with Crippen LogP contribution < -0.4 is 10.6 Å². The first-order chi connectivity index (χ1) is 19.2. The molecule has 4 aromatic rings. The van der Waals surface area contributed by atoms with Crippen molar-refractivity contribution in [2.24, 2.45) is 0 Å². The number of hydrogen-bond acceptors (Lipinski definition) is 8. The number of nitrogens with one attached hydrogen (secondary N) is 3. The quantitative estimate of drug-likeness (QED) is 0.296. The number of anilines is 1. The Morgan fingerprint density at radius 1 is 1.12 bits per heavy atom. The second-order valence-electron chi connectivity index (χ2n) is 11.0. The number of hydrogen-bond donors (Lipinski definition) is 3. The molecule has 0 bridgehead atoms. The zero-order valence-electron chi connectivity index (χ0n) is 22.5. The molecule has 0 saturated carbocycles. The van der Waals surface area contributed by atoms with Crippen molar-refractivity contribution in [3.8, 4) is 0 Å². The average Bonchev–Trinajstić information content (AvgIpc) is 3.61. The molecule has 1 fully saturated rings. The van der Waals surface area contributed by atoms with Gasteiger partial charge in [0.2, 0.25) is 5.95 Å². The summed E-state index contributed by atoms with van der Waals surface area (Å²) in [6.45, 7) is 6.61. The summed E-state index contributed by atoms with van der Waals surface area (Å²) in [5, 5.41) is 8.37. The molecule has 0 spiro atoms. The number of aromatic nitrogens is 3. The lowest BCUT2D eigenvalue weighted by Crippen LogP contribution is -2.49. The topological polar surface area (TPSA) is 129 Å². The van der Waals surface area contributed by atoms with E-state index in [0.29, 0.717) is 41.2 Å². The van der Waals surface area contributed by atoms with E-state index in [1.165, 1.54) is 11.3 Å². The van der Waals surface area contributed by atoms with Crippen LogP contribution in [0, 0.1) is 0 Å². The van der Waals surface area contributed by atoms with Gasteiger partial charge in [0.05, 0.1) is 38.6 Å². The lowest BCUT2D eigenvalue weighted by atomic mass is 9.99. The Labute approximate surface area is 234 Å². The smallest absolute Gasteiger partial charge is 0.410 e. The second-order valence-corrected chi connectivity index (χ2v) is 11.9. The third-order valence-electron chi connectivity index (χ3n) is 7.07. The fraction of sp³-hybridized carbons (Fsp3) is 0.345. The van der Waals surface area contributed by atoms with Crippen LogP contribution in [0.1, 0.15) is 51.3 Å². The fourth-order valence-electron chi connectivity index (χ4n) is 5.30. The highest BCUT2D eigenvalue weighted by molar-refractivity contribution is 7.17. The van der Waals surface area contributed by atoms with E-state index in [2.05, 4.69) is 15.6 Å². The van der Waals surface area contributed by atoms with Crippen molar-refractivity contribution in [2.75, 3.05) is 18.4 Å². The molecule has 2 aliphatic rings. The highest BCUT2D eigenvalue weighted by Gasteiger charge is 2.36. The van der Waals surface area contributed by atoms with Crippen molar-refractivity contribution in [2.45, 2.75) is 51.7 Å². The summed E-state index contributed by atoms with van der Waals surface area (Å²) >= 11 is 1.50. The van der Waals surface area contributed by atoms with Gasteiger partial charge >= 0.3 is 6.09 Å². The molecule has 3 N–H and O–H groups in total. The van der Waals surface area contributed by atoms with Crippen molar-refractivity contribution in [1.29, 1.82) is 0 Å². The minimum atomic E-state index is -0.582. The molecule has 206 valence electrons. The number of imide groups is 1. The number of fused-ring (bicyclic) bond motifs is 2. The highest BCUT2D eigenvalue weighted by atomic mass is 32.1. The number of carbonyl (C=O) groups excluding carboxylic acids is 3. The molecule has 2 aliphatic heterocycles. The van der Waals surface area contributed by atoms with Crippen LogP contribution >= 0.6 is 11.3 Å². The number of piperidine rings is 1. The predicted octanol–water partition coefficient (Wildman–Crippen LogP) is 4.94. The molecule has 5 heterocycles. The summed E-state index contributed by atoms with van der Waals surface area (Å²) < 4.78 is 6.54. The summed E-state index contributed by atoms with van der Waals surface area (Å²) in [6, 6.07) is 9.25. The van der Waals surface area contributed by atoms with Gasteiger partial charge in [0.25, 0.3) is 11.8 Å². The molecule has 3 aromatic heterocycles. The summed E-state index contributed by atoms with van der Waals surface area (Å²) in [5.74, 6) is -0.636. The van der Waals surface area contributed by atoms with Gasteiger partial charge in [-0.25, -0.2) is 14.8 Å². The Morgan fingerprint density at radius 3 is 2.75 bits per heavy atom. The molecule has 1 unspecified atom stereocenters. The van der Waals surface area contributed by atoms with E-state index in [1.54, 1.807) is 11.1 Å². The first-order valence-electron chi connectivity index (χ1n) is 13.3. The summed E-state index contributed by atoms with van der Waals surface area (Å²) in [5.41, 5.74) is 2.50. The van der Waals surface area contributed by atoms with Crippen LogP contribution in [0.5, 0.6) is 0 Å². The van der Waals surface area contributed by atoms with Crippen LogP contribution in [0.15, 0.2) is 41.9 Å². The fourth-order valence-corrected chi connectivity index (χ4v) is 6.18. The normalized spacial score (nSPS) is 18.1. The van der Waals surface area contributed by atoms with Crippen molar-refractivity contribution < 1.29 is 19.1 Å². The lowest BCUT2D eigenvalue weighted by Gasteiger charge is -2.36. The lowest BCUT2D eigenvalue weighted by molar-refractivity contribution is -0.122. The highest BCUT2D eigenvalue weighted by Crippen LogP contribution is 2.38. The van der Waals surface area contributed by atoms with Crippen LogP contribution in [0.25, 0.3) is 32.3 Å². The van der Waals surface area contributed by atoms with Crippen molar-refractivity contribution in [3.05, 3.63) is 53.2 Å². The van der Waals surface area contributed by atoms with E-state index in [0.717, 1.165) is 29.5 Å². The first-order valence-corrected chi connectivity index (χ1v) is 14.2. The number of amides is 3. The molecule has 10 nitrogen and oxygen atoms in total. The van der Waals surface area contributed by atoms with Crippen molar-refractivity contribution >= 4 is 67.5 Å². The number of para-hydroxylation sites is 1. The van der Waals surface area contributed by atoms with Gasteiger partial charge < -0.3 is 19.9 Å². The molecule has 1 aromatic carbocycles. The van der Waals surface area contributed by atoms with E-state index >= 15 is 0 Å². The van der Waals surface area contributed by atoms with Crippen LogP contribution in [-0.4, -0.2) is 62.5 Å². The molecule has 6 rings (SSSR count). The number of likely N-dealkylation sites (tertiary alicyclic amines) is 1. The third kappa shape index (κ3) is 4.81. The Morgan fingerprint density at radius 2 is 1.93 bits per heavy atom. The minimum Gasteiger partial charge on any atom is -0.444 e. The number of rotatable bonds is 5. The molecular weight excluding hydrogens is 528 g/mol. The van der Waals surface area contributed by atoms with E-state index in [9.17, 15) is 14.4 Å². The van der Waals surface area contributed by atoms with E-state index in [1.807, 2.05) is 56.5 Å². The van der Waals surface area contributed by atoms with Gasteiger partial charge in [-0.2, -0.15) is 0 Å². The predicted molar refractivity (Wildman–Crippen MR) is 155 cm³/mol. The molecule has 0 radical (unpaired) electrons. The van der Waals surface area contributed by atoms with Gasteiger partial charge in [-0.1, -0.05) is 18.2 Å². The Hall–Kier alpha value is -4.25. The second kappa shape index (κ2) is 10.1. The van der Waals surface area contributed by atoms with Crippen LogP contribution in [0.3, 0.4) is 0 Å². The third-order valence-corrected chi connectivity index (χ3v) is 8.02. The van der Waals surface area contributed by atoms with Gasteiger partial charge in [-0.3, -0.25) is 14.9 Å². The minimum absolute atomic E-state index is 0.0970. The molecule has 3 amide bonds. The van der Waals surface area contributed by atoms with E-state index in [4.69, 9.17) is 14.7 Å². The molecular formula is C29H30N6O4S. The maximum atomic E-state index is 13.2. The van der Waals surface area contributed by atoms with Crippen LogP contribution in [-0.2, 0) is 14.3 Å². The average molecular weight is 559 g/mol. The Bertz CT molecular complexity index is 1680. The SMILES string of the molecule is CC(C)(C)OC(=O)N1CCCCC1CNc1nc(C2=C(c3c[nH]c4ccsc34)C(=O)NC2=O)c2ccccc2n1. The molecule has 1 atom stereocenters. The van der Waals surface area contributed by atoms with Gasteiger partial charge in [-0.15, -0.1) is 11.3 Å². The van der Waals surface area contributed by atoms with E-state index in [-0.39, 0.29) is 23.3 Å². The maximum Gasteiger partial charge on any atom is 0.410 e. The van der Waals surface area contributed by atoms with E-state index < -0.39 is 17.4 Å². The Balaban J connectivity index is 1.38. The van der Waals surface area contributed by atoms with Gasteiger partial charge in [-0.05, 0) is 57.5 Å². The first kappa shape index (κ1) is 26.0. The van der Waals surface area contributed by atoms with Gasteiger partial charge in [0.1, 0.15) is 5.60 Å². The standard InChI is InChI=1S/C29H30N6O4S/c1-29(2,3)39-28(38)35-12-7-6-8-16(35)14-31-27-32-19-10-5-4-9-17(19)23(33-27)22-21(25(36)34-26(22)37)18-15-30-20-11-13-40-24(18)20/h4-5,9-11,13,15-16,30H,6-8,12,14H2,1-3H3,(H,31,32,33)(H,34,36,37). The molecule has 0 aliphatic carbocycles. The van der Waals surface area contributed by atoms with Gasteiger partial charge in [0.15, 0.2) is 0 Å². The molecule has 11 heteroatoms.